The standard InChI is InChI=1S/C8H17NO3/c1-6(2)5-7(9-10)8(11-3)12-4/h6,8,10H,5H2,1-4H3. The molecule has 4 heteroatoms. The van der Waals surface area contributed by atoms with Crippen molar-refractivity contribution in [3.8, 4) is 0 Å². The fourth-order valence-electron chi connectivity index (χ4n) is 0.971. The lowest BCUT2D eigenvalue weighted by Crippen LogP contribution is -2.26. The number of hydrogen-bond donors (Lipinski definition) is 1. The van der Waals surface area contributed by atoms with E-state index in [4.69, 9.17) is 14.7 Å². The first kappa shape index (κ1) is 11.4. The molecule has 0 rings (SSSR count). The van der Waals surface area contributed by atoms with E-state index in [9.17, 15) is 0 Å². The normalized spacial score (nSPS) is 13.0. The van der Waals surface area contributed by atoms with Gasteiger partial charge in [0.2, 0.25) is 0 Å². The highest BCUT2D eigenvalue weighted by molar-refractivity contribution is 5.87. The third kappa shape index (κ3) is 3.69. The lowest BCUT2D eigenvalue weighted by Gasteiger charge is -2.15. The minimum absolute atomic E-state index is 0.420. The summed E-state index contributed by atoms with van der Waals surface area (Å²) in [5, 5.41) is 11.8. The Morgan fingerprint density at radius 2 is 1.83 bits per heavy atom. The van der Waals surface area contributed by atoms with Gasteiger partial charge in [-0.2, -0.15) is 0 Å². The van der Waals surface area contributed by atoms with E-state index in [0.717, 1.165) is 0 Å². The largest absolute Gasteiger partial charge is 0.411 e. The SMILES string of the molecule is COC(OC)C(CC(C)C)=NO. The smallest absolute Gasteiger partial charge is 0.199 e. The zero-order chi connectivity index (χ0) is 9.56. The number of rotatable bonds is 5. The zero-order valence-corrected chi connectivity index (χ0v) is 8.07. The van der Waals surface area contributed by atoms with Crippen molar-refractivity contribution in [2.24, 2.45) is 11.1 Å². The molecule has 0 atom stereocenters. The maximum atomic E-state index is 8.64. The lowest BCUT2D eigenvalue weighted by molar-refractivity contribution is -0.0551. The zero-order valence-electron chi connectivity index (χ0n) is 8.07. The van der Waals surface area contributed by atoms with Crippen LogP contribution in [0.2, 0.25) is 0 Å². The van der Waals surface area contributed by atoms with Crippen molar-refractivity contribution in [3.05, 3.63) is 0 Å². The third-order valence-corrected chi connectivity index (χ3v) is 1.45. The van der Waals surface area contributed by atoms with Gasteiger partial charge in [-0.25, -0.2) is 0 Å². The minimum Gasteiger partial charge on any atom is -0.411 e. The Morgan fingerprint density at radius 1 is 1.33 bits per heavy atom. The molecule has 0 aliphatic carbocycles. The predicted molar refractivity (Wildman–Crippen MR) is 46.5 cm³/mol. The van der Waals surface area contributed by atoms with Crippen LogP contribution < -0.4 is 0 Å². The number of methoxy groups -OCH3 is 2. The van der Waals surface area contributed by atoms with Crippen LogP contribution in [0.15, 0.2) is 5.16 Å². The Bertz CT molecular complexity index is 141. The average Bonchev–Trinajstić information content (AvgIpc) is 2.04. The van der Waals surface area contributed by atoms with Gasteiger partial charge < -0.3 is 14.7 Å². The van der Waals surface area contributed by atoms with Crippen LogP contribution in [0, 0.1) is 5.92 Å². The van der Waals surface area contributed by atoms with Crippen molar-refractivity contribution < 1.29 is 14.7 Å². The summed E-state index contributed by atoms with van der Waals surface area (Å²) in [5.41, 5.74) is 0.523. The Hall–Kier alpha value is -0.610. The molecule has 0 aromatic carbocycles. The number of oxime groups is 1. The molecule has 72 valence electrons. The van der Waals surface area contributed by atoms with Gasteiger partial charge in [0.1, 0.15) is 5.71 Å². The predicted octanol–water partition coefficient (Wildman–Crippen LogP) is 1.48. The highest BCUT2D eigenvalue weighted by Crippen LogP contribution is 2.07. The van der Waals surface area contributed by atoms with E-state index in [1.807, 2.05) is 13.8 Å². The second kappa shape index (κ2) is 5.97. The van der Waals surface area contributed by atoms with Gasteiger partial charge >= 0.3 is 0 Å². The molecule has 4 nitrogen and oxygen atoms in total. The molecule has 0 radical (unpaired) electrons. The number of hydrogen-bond acceptors (Lipinski definition) is 4. The van der Waals surface area contributed by atoms with Crippen LogP contribution in [0.1, 0.15) is 20.3 Å². The molecule has 0 fully saturated rings. The molecule has 0 amide bonds. The fraction of sp³-hybridized carbons (Fsp3) is 0.875. The molecule has 0 bridgehead atoms. The molecule has 0 aromatic rings. The van der Waals surface area contributed by atoms with E-state index in [-0.39, 0.29) is 0 Å². The summed E-state index contributed by atoms with van der Waals surface area (Å²) in [5.74, 6) is 0.420. The van der Waals surface area contributed by atoms with Gasteiger partial charge in [-0.15, -0.1) is 0 Å². The Balaban J connectivity index is 4.13. The monoisotopic (exact) mass is 175 g/mol. The molecule has 0 saturated heterocycles. The number of nitrogens with zero attached hydrogens (tertiary/aromatic N) is 1. The topological polar surface area (TPSA) is 51.0 Å². The Labute approximate surface area is 73.2 Å². The molecule has 0 aliphatic rings. The van der Waals surface area contributed by atoms with Crippen molar-refractivity contribution in [3.63, 3.8) is 0 Å². The lowest BCUT2D eigenvalue weighted by atomic mass is 10.1. The summed E-state index contributed by atoms with van der Waals surface area (Å²) in [6, 6.07) is 0. The van der Waals surface area contributed by atoms with Gasteiger partial charge in [0, 0.05) is 14.2 Å². The Morgan fingerprint density at radius 3 is 2.08 bits per heavy atom. The van der Waals surface area contributed by atoms with Crippen LogP contribution in [0.5, 0.6) is 0 Å². The molecule has 0 aromatic heterocycles. The Kier molecular flexibility index (Phi) is 5.66. The third-order valence-electron chi connectivity index (χ3n) is 1.45. The van der Waals surface area contributed by atoms with Gasteiger partial charge in [0.15, 0.2) is 6.29 Å². The molecule has 12 heavy (non-hydrogen) atoms. The molecular formula is C8H17NO3. The molecule has 0 unspecified atom stereocenters. The van der Waals surface area contributed by atoms with E-state index >= 15 is 0 Å². The maximum absolute atomic E-state index is 8.64. The van der Waals surface area contributed by atoms with Crippen LogP contribution in [0.3, 0.4) is 0 Å². The second-order valence-corrected chi connectivity index (χ2v) is 2.99. The molecular weight excluding hydrogens is 158 g/mol. The van der Waals surface area contributed by atoms with E-state index < -0.39 is 6.29 Å². The van der Waals surface area contributed by atoms with Crippen LogP contribution in [0.25, 0.3) is 0 Å². The molecule has 0 saturated carbocycles. The van der Waals surface area contributed by atoms with E-state index in [2.05, 4.69) is 5.16 Å². The van der Waals surface area contributed by atoms with Gasteiger partial charge in [-0.1, -0.05) is 19.0 Å². The quantitative estimate of drug-likeness (QED) is 0.298. The van der Waals surface area contributed by atoms with Crippen molar-refractivity contribution in [2.45, 2.75) is 26.6 Å². The van der Waals surface area contributed by atoms with Crippen LogP contribution in [-0.4, -0.2) is 31.4 Å². The van der Waals surface area contributed by atoms with E-state index in [1.165, 1.54) is 14.2 Å². The molecule has 1 N–H and O–H groups in total. The summed E-state index contributed by atoms with van der Waals surface area (Å²) in [7, 11) is 3.03. The second-order valence-electron chi connectivity index (χ2n) is 2.99. The van der Waals surface area contributed by atoms with E-state index in [1.54, 1.807) is 0 Å². The first-order valence-electron chi connectivity index (χ1n) is 3.92. The molecule has 0 spiro atoms. The van der Waals surface area contributed by atoms with Gasteiger partial charge in [0.25, 0.3) is 0 Å². The van der Waals surface area contributed by atoms with Crippen molar-refractivity contribution in [1.82, 2.24) is 0 Å². The average molecular weight is 175 g/mol. The first-order chi connectivity index (χ1) is 5.65. The minimum atomic E-state index is -0.530. The van der Waals surface area contributed by atoms with Crippen molar-refractivity contribution in [2.75, 3.05) is 14.2 Å². The van der Waals surface area contributed by atoms with E-state index in [0.29, 0.717) is 18.1 Å². The summed E-state index contributed by atoms with van der Waals surface area (Å²) in [6.45, 7) is 4.07. The van der Waals surface area contributed by atoms with Crippen molar-refractivity contribution >= 4 is 5.71 Å². The van der Waals surface area contributed by atoms with Crippen molar-refractivity contribution in [1.29, 1.82) is 0 Å². The summed E-state index contributed by atoms with van der Waals surface area (Å²) in [6.07, 6.45) is 0.139. The highest BCUT2D eigenvalue weighted by Gasteiger charge is 2.15. The van der Waals surface area contributed by atoms with Crippen LogP contribution >= 0.6 is 0 Å². The molecule has 0 aliphatic heterocycles. The van der Waals surface area contributed by atoms with Crippen LogP contribution in [0.4, 0.5) is 0 Å². The summed E-state index contributed by atoms with van der Waals surface area (Å²) >= 11 is 0. The first-order valence-corrected chi connectivity index (χ1v) is 3.92. The summed E-state index contributed by atoms with van der Waals surface area (Å²) in [4.78, 5) is 0. The fourth-order valence-corrected chi connectivity index (χ4v) is 0.971. The van der Waals surface area contributed by atoms with Gasteiger partial charge in [-0.3, -0.25) is 0 Å². The van der Waals surface area contributed by atoms with Gasteiger partial charge in [-0.05, 0) is 12.3 Å². The summed E-state index contributed by atoms with van der Waals surface area (Å²) < 4.78 is 9.88. The maximum Gasteiger partial charge on any atom is 0.199 e. The van der Waals surface area contributed by atoms with Crippen LogP contribution in [-0.2, 0) is 9.47 Å². The molecule has 0 heterocycles. The highest BCUT2D eigenvalue weighted by atomic mass is 16.7. The van der Waals surface area contributed by atoms with Gasteiger partial charge in [0.05, 0.1) is 0 Å². The number of ether oxygens (including phenoxy) is 2.